The van der Waals surface area contributed by atoms with Gasteiger partial charge in [0.2, 0.25) is 0 Å². The SMILES string of the molecule is CCN(Cc1cnc(Cl)cc1Cl)c1ccccc1F. The van der Waals surface area contributed by atoms with Crippen LogP contribution in [-0.4, -0.2) is 11.5 Å². The molecule has 5 heteroatoms. The highest BCUT2D eigenvalue weighted by molar-refractivity contribution is 6.34. The Hall–Kier alpha value is -1.32. The van der Waals surface area contributed by atoms with Gasteiger partial charge < -0.3 is 4.90 Å². The van der Waals surface area contributed by atoms with Crippen LogP contribution in [0.3, 0.4) is 0 Å². The summed E-state index contributed by atoms with van der Waals surface area (Å²) in [5.74, 6) is -0.248. The summed E-state index contributed by atoms with van der Waals surface area (Å²) in [6.45, 7) is 3.12. The van der Waals surface area contributed by atoms with Gasteiger partial charge in [-0.15, -0.1) is 0 Å². The zero-order valence-corrected chi connectivity index (χ0v) is 11.9. The minimum atomic E-state index is -0.248. The maximum atomic E-state index is 13.8. The molecule has 0 saturated heterocycles. The molecule has 1 aromatic carbocycles. The number of nitrogens with zero attached hydrogens (tertiary/aromatic N) is 2. The predicted octanol–water partition coefficient (Wildman–Crippen LogP) is 4.55. The minimum Gasteiger partial charge on any atom is -0.365 e. The molecule has 0 aliphatic rings. The summed E-state index contributed by atoms with van der Waals surface area (Å²) >= 11 is 11.9. The van der Waals surface area contributed by atoms with E-state index in [0.29, 0.717) is 29.0 Å². The van der Waals surface area contributed by atoms with Gasteiger partial charge in [-0.25, -0.2) is 9.37 Å². The maximum absolute atomic E-state index is 13.8. The monoisotopic (exact) mass is 298 g/mol. The second kappa shape index (κ2) is 6.22. The Kier molecular flexibility index (Phi) is 4.61. The normalized spacial score (nSPS) is 10.5. The van der Waals surface area contributed by atoms with Crippen LogP contribution in [0.1, 0.15) is 12.5 Å². The van der Waals surface area contributed by atoms with Crippen molar-refractivity contribution in [1.82, 2.24) is 4.98 Å². The van der Waals surface area contributed by atoms with E-state index < -0.39 is 0 Å². The highest BCUT2D eigenvalue weighted by Crippen LogP contribution is 2.24. The first-order chi connectivity index (χ1) is 9.11. The zero-order chi connectivity index (χ0) is 13.8. The highest BCUT2D eigenvalue weighted by atomic mass is 35.5. The average Bonchev–Trinajstić information content (AvgIpc) is 2.39. The minimum absolute atomic E-state index is 0.248. The Morgan fingerprint density at radius 3 is 2.63 bits per heavy atom. The van der Waals surface area contributed by atoms with E-state index >= 15 is 0 Å². The van der Waals surface area contributed by atoms with Gasteiger partial charge in [0.25, 0.3) is 0 Å². The predicted molar refractivity (Wildman–Crippen MR) is 77.4 cm³/mol. The third-order valence-electron chi connectivity index (χ3n) is 2.83. The van der Waals surface area contributed by atoms with Crippen molar-refractivity contribution < 1.29 is 4.39 Å². The molecule has 100 valence electrons. The van der Waals surface area contributed by atoms with Gasteiger partial charge in [0.1, 0.15) is 11.0 Å². The first kappa shape index (κ1) is 14.1. The van der Waals surface area contributed by atoms with Gasteiger partial charge in [0, 0.05) is 24.8 Å². The first-order valence-corrected chi connectivity index (χ1v) is 6.66. The number of halogens is 3. The van der Waals surface area contributed by atoms with Gasteiger partial charge in [0.15, 0.2) is 0 Å². The van der Waals surface area contributed by atoms with Gasteiger partial charge in [-0.1, -0.05) is 35.3 Å². The van der Waals surface area contributed by atoms with Crippen LogP contribution in [-0.2, 0) is 6.54 Å². The largest absolute Gasteiger partial charge is 0.365 e. The molecule has 0 unspecified atom stereocenters. The van der Waals surface area contributed by atoms with Crippen LogP contribution >= 0.6 is 23.2 Å². The molecular formula is C14H13Cl2FN2. The molecule has 0 radical (unpaired) electrons. The Balaban J connectivity index is 2.27. The molecule has 1 aromatic heterocycles. The lowest BCUT2D eigenvalue weighted by atomic mass is 10.2. The second-order valence-electron chi connectivity index (χ2n) is 4.06. The molecule has 1 heterocycles. The average molecular weight is 299 g/mol. The fourth-order valence-electron chi connectivity index (χ4n) is 1.83. The number of hydrogen-bond acceptors (Lipinski definition) is 2. The second-order valence-corrected chi connectivity index (χ2v) is 4.86. The molecule has 2 aromatic rings. The zero-order valence-electron chi connectivity index (χ0n) is 10.4. The van der Waals surface area contributed by atoms with Crippen LogP contribution in [0.2, 0.25) is 10.2 Å². The van der Waals surface area contributed by atoms with Crippen LogP contribution in [0.4, 0.5) is 10.1 Å². The summed E-state index contributed by atoms with van der Waals surface area (Å²) in [6, 6.07) is 8.26. The van der Waals surface area contributed by atoms with Crippen molar-refractivity contribution in [2.75, 3.05) is 11.4 Å². The fraction of sp³-hybridized carbons (Fsp3) is 0.214. The van der Waals surface area contributed by atoms with Gasteiger partial charge >= 0.3 is 0 Å². The van der Waals surface area contributed by atoms with E-state index in [1.54, 1.807) is 24.4 Å². The third-order valence-corrected chi connectivity index (χ3v) is 3.39. The summed E-state index contributed by atoms with van der Waals surface area (Å²) in [5.41, 5.74) is 1.37. The number of para-hydroxylation sites is 1. The smallest absolute Gasteiger partial charge is 0.146 e. The summed E-state index contributed by atoms with van der Waals surface area (Å²) < 4.78 is 13.8. The molecule has 0 fully saturated rings. The summed E-state index contributed by atoms with van der Waals surface area (Å²) in [7, 11) is 0. The Morgan fingerprint density at radius 1 is 1.26 bits per heavy atom. The summed E-state index contributed by atoms with van der Waals surface area (Å²) in [5, 5.41) is 0.887. The van der Waals surface area contributed by atoms with Crippen molar-refractivity contribution in [3.05, 3.63) is 58.1 Å². The van der Waals surface area contributed by atoms with E-state index in [0.717, 1.165) is 5.56 Å². The van der Waals surface area contributed by atoms with Gasteiger partial charge in [0.05, 0.1) is 10.7 Å². The fourth-order valence-corrected chi connectivity index (χ4v) is 2.26. The van der Waals surface area contributed by atoms with E-state index in [1.165, 1.54) is 6.07 Å². The molecule has 0 atom stereocenters. The number of rotatable bonds is 4. The number of aromatic nitrogens is 1. The molecule has 0 N–H and O–H groups in total. The lowest BCUT2D eigenvalue weighted by molar-refractivity contribution is 0.618. The molecule has 0 aliphatic heterocycles. The van der Waals surface area contributed by atoms with Crippen LogP contribution < -0.4 is 4.90 Å². The van der Waals surface area contributed by atoms with Crippen molar-refractivity contribution in [3.63, 3.8) is 0 Å². The molecule has 0 saturated carbocycles. The van der Waals surface area contributed by atoms with Crippen LogP contribution in [0, 0.1) is 5.82 Å². The van der Waals surface area contributed by atoms with E-state index in [2.05, 4.69) is 4.98 Å². The van der Waals surface area contributed by atoms with Crippen molar-refractivity contribution >= 4 is 28.9 Å². The molecule has 2 nitrogen and oxygen atoms in total. The van der Waals surface area contributed by atoms with Crippen LogP contribution in [0.25, 0.3) is 0 Å². The number of anilines is 1. The highest BCUT2D eigenvalue weighted by Gasteiger charge is 2.12. The molecule has 0 bridgehead atoms. The maximum Gasteiger partial charge on any atom is 0.146 e. The van der Waals surface area contributed by atoms with Crippen molar-refractivity contribution in [2.45, 2.75) is 13.5 Å². The quantitative estimate of drug-likeness (QED) is 0.770. The van der Waals surface area contributed by atoms with E-state index in [1.807, 2.05) is 17.9 Å². The van der Waals surface area contributed by atoms with Crippen LogP contribution in [0.5, 0.6) is 0 Å². The lowest BCUT2D eigenvalue weighted by Crippen LogP contribution is -2.23. The van der Waals surface area contributed by atoms with Gasteiger partial charge in [-0.3, -0.25) is 0 Å². The lowest BCUT2D eigenvalue weighted by Gasteiger charge is -2.24. The Labute approximate surface area is 121 Å². The molecule has 19 heavy (non-hydrogen) atoms. The Bertz CT molecular complexity index is 575. The topological polar surface area (TPSA) is 16.1 Å². The standard InChI is InChI=1S/C14H13Cl2FN2/c1-2-19(13-6-4-3-5-12(13)17)9-10-8-18-14(16)7-11(10)15/h3-8H,2,9H2,1H3. The molecular weight excluding hydrogens is 286 g/mol. The van der Waals surface area contributed by atoms with E-state index in [9.17, 15) is 4.39 Å². The van der Waals surface area contributed by atoms with Crippen molar-refractivity contribution in [2.24, 2.45) is 0 Å². The van der Waals surface area contributed by atoms with Crippen LogP contribution in [0.15, 0.2) is 36.5 Å². The molecule has 2 rings (SSSR count). The number of pyridine rings is 1. The molecule has 0 aliphatic carbocycles. The first-order valence-electron chi connectivity index (χ1n) is 5.91. The summed E-state index contributed by atoms with van der Waals surface area (Å²) in [6.07, 6.45) is 1.62. The van der Waals surface area contributed by atoms with Crippen molar-refractivity contribution in [3.8, 4) is 0 Å². The van der Waals surface area contributed by atoms with Gasteiger partial charge in [-0.2, -0.15) is 0 Å². The molecule has 0 spiro atoms. The number of hydrogen-bond donors (Lipinski definition) is 0. The molecule has 0 amide bonds. The number of benzene rings is 1. The van der Waals surface area contributed by atoms with Crippen molar-refractivity contribution in [1.29, 1.82) is 0 Å². The summed E-state index contributed by atoms with van der Waals surface area (Å²) in [4.78, 5) is 5.90. The van der Waals surface area contributed by atoms with E-state index in [4.69, 9.17) is 23.2 Å². The third kappa shape index (κ3) is 3.37. The van der Waals surface area contributed by atoms with Gasteiger partial charge in [-0.05, 0) is 25.1 Å². The Morgan fingerprint density at radius 2 is 2.00 bits per heavy atom. The van der Waals surface area contributed by atoms with E-state index in [-0.39, 0.29) is 5.82 Å².